The zero-order valence-corrected chi connectivity index (χ0v) is 19.1. The molecular formula is C25H24N4O3S. The fourth-order valence-electron chi connectivity index (χ4n) is 4.09. The lowest BCUT2D eigenvalue weighted by Crippen LogP contribution is -2.23. The molecule has 1 amide bonds. The van der Waals surface area contributed by atoms with Crippen molar-refractivity contribution in [3.8, 4) is 17.2 Å². The average molecular weight is 461 g/mol. The summed E-state index contributed by atoms with van der Waals surface area (Å²) in [4.78, 5) is 17.1. The minimum absolute atomic E-state index is 0.180. The number of nitrogens with one attached hydrogen (secondary N) is 1. The van der Waals surface area contributed by atoms with Gasteiger partial charge in [-0.15, -0.1) is 11.3 Å². The van der Waals surface area contributed by atoms with Gasteiger partial charge in [0.05, 0.1) is 36.2 Å². The molecule has 8 heteroatoms. The third-order valence-electron chi connectivity index (χ3n) is 5.72. The number of methoxy groups -OCH3 is 1. The Morgan fingerprint density at radius 3 is 2.82 bits per heavy atom. The van der Waals surface area contributed by atoms with Crippen LogP contribution in [0.3, 0.4) is 0 Å². The summed E-state index contributed by atoms with van der Waals surface area (Å²) in [6, 6.07) is 15.3. The quantitative estimate of drug-likeness (QED) is 0.423. The highest BCUT2D eigenvalue weighted by Crippen LogP contribution is 2.30. The number of amides is 1. The molecule has 0 spiro atoms. The van der Waals surface area contributed by atoms with Crippen LogP contribution in [-0.2, 0) is 26.0 Å². The van der Waals surface area contributed by atoms with Gasteiger partial charge in [0.1, 0.15) is 6.61 Å². The Morgan fingerprint density at radius 1 is 1.15 bits per heavy atom. The van der Waals surface area contributed by atoms with Crippen molar-refractivity contribution in [3.63, 3.8) is 0 Å². The van der Waals surface area contributed by atoms with E-state index < -0.39 is 0 Å². The number of ether oxygens (including phenoxy) is 2. The lowest BCUT2D eigenvalue weighted by atomic mass is 10.1. The van der Waals surface area contributed by atoms with Crippen LogP contribution in [-0.4, -0.2) is 27.8 Å². The van der Waals surface area contributed by atoms with Crippen molar-refractivity contribution < 1.29 is 14.3 Å². The molecule has 0 saturated heterocycles. The molecule has 7 nitrogen and oxygen atoms in total. The number of aromatic nitrogens is 3. The zero-order valence-electron chi connectivity index (χ0n) is 18.3. The van der Waals surface area contributed by atoms with Gasteiger partial charge in [0.2, 0.25) is 0 Å². The standard InChI is InChI=1S/C25H24N4O3S/c1-31-24-12-17(10-11-23(24)32-14-18-15-33-16-27-18)25(30)26-13-21-20-8-5-9-22(20)29(28-21)19-6-3-2-4-7-19/h2-4,6-7,10-12,15-16H,5,8-9,13-14H2,1H3,(H,26,30). The van der Waals surface area contributed by atoms with E-state index in [1.54, 1.807) is 30.8 Å². The van der Waals surface area contributed by atoms with E-state index in [1.165, 1.54) is 22.6 Å². The van der Waals surface area contributed by atoms with E-state index in [-0.39, 0.29) is 5.91 Å². The number of fused-ring (bicyclic) bond motifs is 1. The number of para-hydroxylation sites is 1. The second-order valence-corrected chi connectivity index (χ2v) is 8.51. The molecule has 0 aliphatic heterocycles. The molecule has 0 unspecified atom stereocenters. The van der Waals surface area contributed by atoms with Crippen LogP contribution < -0.4 is 14.8 Å². The maximum atomic E-state index is 12.9. The number of carbonyl (C=O) groups excluding carboxylic acids is 1. The molecule has 1 aliphatic carbocycles. The minimum Gasteiger partial charge on any atom is -0.493 e. The summed E-state index contributed by atoms with van der Waals surface area (Å²) in [5.41, 5.74) is 7.59. The predicted molar refractivity (Wildman–Crippen MR) is 126 cm³/mol. The van der Waals surface area contributed by atoms with Gasteiger partial charge in [-0.1, -0.05) is 18.2 Å². The Bertz CT molecular complexity index is 1250. The Labute approximate surface area is 196 Å². The fourth-order valence-corrected chi connectivity index (χ4v) is 4.64. The number of benzene rings is 2. The first kappa shape index (κ1) is 21.2. The summed E-state index contributed by atoms with van der Waals surface area (Å²) < 4.78 is 13.3. The first-order valence-electron chi connectivity index (χ1n) is 10.8. The SMILES string of the molecule is COc1cc(C(=O)NCc2nn(-c3ccccc3)c3c2CCC3)ccc1OCc1cscn1. The maximum Gasteiger partial charge on any atom is 0.251 e. The van der Waals surface area contributed by atoms with Gasteiger partial charge >= 0.3 is 0 Å². The molecular weight excluding hydrogens is 436 g/mol. The largest absolute Gasteiger partial charge is 0.493 e. The molecule has 4 aromatic rings. The van der Waals surface area contributed by atoms with Crippen molar-refractivity contribution in [1.82, 2.24) is 20.1 Å². The van der Waals surface area contributed by atoms with Crippen LogP contribution in [0.4, 0.5) is 0 Å². The summed E-state index contributed by atoms with van der Waals surface area (Å²) in [6.45, 7) is 0.728. The topological polar surface area (TPSA) is 78.3 Å². The Morgan fingerprint density at radius 2 is 2.03 bits per heavy atom. The number of hydrogen-bond acceptors (Lipinski definition) is 6. The molecule has 0 saturated carbocycles. The fraction of sp³-hybridized carbons (Fsp3) is 0.240. The van der Waals surface area contributed by atoms with E-state index in [0.717, 1.165) is 36.3 Å². The van der Waals surface area contributed by atoms with Crippen LogP contribution in [0.25, 0.3) is 5.69 Å². The first-order chi connectivity index (χ1) is 16.2. The summed E-state index contributed by atoms with van der Waals surface area (Å²) in [5.74, 6) is 0.897. The Kier molecular flexibility index (Phi) is 6.08. The normalized spacial score (nSPS) is 12.4. The minimum atomic E-state index is -0.180. The Hall–Kier alpha value is -3.65. The van der Waals surface area contributed by atoms with Gasteiger partial charge in [-0.25, -0.2) is 9.67 Å². The molecule has 1 aliphatic rings. The van der Waals surface area contributed by atoms with Gasteiger partial charge in [0, 0.05) is 16.6 Å². The molecule has 168 valence electrons. The van der Waals surface area contributed by atoms with E-state index in [4.69, 9.17) is 14.6 Å². The summed E-state index contributed by atoms with van der Waals surface area (Å²) >= 11 is 1.52. The molecule has 0 bridgehead atoms. The van der Waals surface area contributed by atoms with Crippen LogP contribution in [0.1, 0.15) is 39.4 Å². The van der Waals surface area contributed by atoms with Crippen molar-refractivity contribution >= 4 is 17.2 Å². The van der Waals surface area contributed by atoms with Crippen molar-refractivity contribution in [3.05, 3.63) is 87.6 Å². The molecule has 5 rings (SSSR count). The Balaban J connectivity index is 1.28. The molecule has 33 heavy (non-hydrogen) atoms. The number of carbonyl (C=O) groups is 1. The van der Waals surface area contributed by atoms with Crippen LogP contribution in [0.15, 0.2) is 59.4 Å². The van der Waals surface area contributed by atoms with Gasteiger partial charge in [-0.05, 0) is 55.2 Å². The molecule has 2 aromatic carbocycles. The molecule has 2 heterocycles. The molecule has 0 fully saturated rings. The van der Waals surface area contributed by atoms with Gasteiger partial charge in [-0.2, -0.15) is 5.10 Å². The van der Waals surface area contributed by atoms with E-state index in [9.17, 15) is 4.79 Å². The van der Waals surface area contributed by atoms with Crippen LogP contribution in [0.2, 0.25) is 0 Å². The molecule has 1 N–H and O–H groups in total. The lowest BCUT2D eigenvalue weighted by Gasteiger charge is -2.12. The third kappa shape index (κ3) is 4.47. The summed E-state index contributed by atoms with van der Waals surface area (Å²) in [6.07, 6.45) is 3.11. The van der Waals surface area contributed by atoms with Gasteiger partial charge in [-0.3, -0.25) is 4.79 Å². The van der Waals surface area contributed by atoms with E-state index in [2.05, 4.69) is 22.4 Å². The van der Waals surface area contributed by atoms with E-state index in [1.807, 2.05) is 28.3 Å². The number of hydrogen-bond donors (Lipinski definition) is 1. The molecule has 0 atom stereocenters. The van der Waals surface area contributed by atoms with Crippen LogP contribution in [0.5, 0.6) is 11.5 Å². The highest BCUT2D eigenvalue weighted by atomic mass is 32.1. The van der Waals surface area contributed by atoms with Crippen molar-refractivity contribution in [2.24, 2.45) is 0 Å². The third-order valence-corrected chi connectivity index (χ3v) is 6.35. The monoisotopic (exact) mass is 460 g/mol. The van der Waals surface area contributed by atoms with E-state index in [0.29, 0.717) is 30.2 Å². The average Bonchev–Trinajstić information content (AvgIpc) is 3.61. The van der Waals surface area contributed by atoms with Crippen molar-refractivity contribution in [2.75, 3.05) is 7.11 Å². The highest BCUT2D eigenvalue weighted by molar-refractivity contribution is 7.07. The van der Waals surface area contributed by atoms with Crippen LogP contribution in [0, 0.1) is 0 Å². The first-order valence-corrected chi connectivity index (χ1v) is 11.8. The van der Waals surface area contributed by atoms with Gasteiger partial charge in [0.15, 0.2) is 11.5 Å². The second-order valence-electron chi connectivity index (χ2n) is 7.79. The van der Waals surface area contributed by atoms with Crippen molar-refractivity contribution in [1.29, 1.82) is 0 Å². The van der Waals surface area contributed by atoms with Crippen molar-refractivity contribution in [2.45, 2.75) is 32.4 Å². The highest BCUT2D eigenvalue weighted by Gasteiger charge is 2.23. The maximum absolute atomic E-state index is 12.9. The molecule has 0 radical (unpaired) electrons. The zero-order chi connectivity index (χ0) is 22.6. The smallest absolute Gasteiger partial charge is 0.251 e. The van der Waals surface area contributed by atoms with Crippen LogP contribution >= 0.6 is 11.3 Å². The van der Waals surface area contributed by atoms with E-state index >= 15 is 0 Å². The summed E-state index contributed by atoms with van der Waals surface area (Å²) in [5, 5.41) is 9.77. The number of rotatable bonds is 8. The number of thiazole rings is 1. The van der Waals surface area contributed by atoms with Gasteiger partial charge in [0.25, 0.3) is 5.91 Å². The molecule has 2 aromatic heterocycles. The number of nitrogens with zero attached hydrogens (tertiary/aromatic N) is 3. The summed E-state index contributed by atoms with van der Waals surface area (Å²) in [7, 11) is 1.56. The second kappa shape index (κ2) is 9.46. The van der Waals surface area contributed by atoms with Gasteiger partial charge < -0.3 is 14.8 Å². The predicted octanol–water partition coefficient (Wildman–Crippen LogP) is 4.34. The lowest BCUT2D eigenvalue weighted by molar-refractivity contribution is 0.0950.